The summed E-state index contributed by atoms with van der Waals surface area (Å²) in [7, 11) is 1.25. The third-order valence-corrected chi connectivity index (χ3v) is 2.42. The third kappa shape index (κ3) is 2.12. The van der Waals surface area contributed by atoms with E-state index in [1.54, 1.807) is 0 Å². The third-order valence-electron chi connectivity index (χ3n) is 1.95. The smallest absolute Gasteiger partial charge is 0.339 e. The van der Waals surface area contributed by atoms with E-state index in [-0.39, 0.29) is 22.6 Å². The van der Waals surface area contributed by atoms with Crippen LogP contribution < -0.4 is 0 Å². The van der Waals surface area contributed by atoms with Crippen molar-refractivity contribution < 1.29 is 14.6 Å². The predicted molar refractivity (Wildman–Crippen MR) is 55.7 cm³/mol. The molecule has 1 N–H and O–H groups in total. The highest BCUT2D eigenvalue weighted by Gasteiger charge is 2.15. The summed E-state index contributed by atoms with van der Waals surface area (Å²) in [4.78, 5) is 11.5. The number of benzene rings is 1. The van der Waals surface area contributed by atoms with E-state index in [4.69, 9.17) is 10.4 Å². The van der Waals surface area contributed by atoms with E-state index in [9.17, 15) is 4.79 Å². The van der Waals surface area contributed by atoms with Gasteiger partial charge >= 0.3 is 5.97 Å². The molecule has 0 aliphatic rings. The van der Waals surface area contributed by atoms with Crippen LogP contribution in [0.25, 0.3) is 0 Å². The highest BCUT2D eigenvalue weighted by atomic mass is 32.1. The highest BCUT2D eigenvalue weighted by molar-refractivity contribution is 7.80. The second-order valence-electron chi connectivity index (χ2n) is 2.76. The monoisotopic (exact) mass is 223 g/mol. The number of esters is 1. The molecule has 78 valence electrons. The van der Waals surface area contributed by atoms with E-state index in [0.717, 1.165) is 0 Å². The molecular weight excluding hydrogens is 214 g/mol. The van der Waals surface area contributed by atoms with Crippen LogP contribution in [-0.4, -0.2) is 18.2 Å². The number of carbonyl (C=O) groups is 1. The molecule has 0 aliphatic heterocycles. The first kappa shape index (κ1) is 11.6. The number of hydrogen-bond donors (Lipinski definition) is 2. The molecule has 15 heavy (non-hydrogen) atoms. The first-order chi connectivity index (χ1) is 7.15. The molecule has 0 fully saturated rings. The van der Waals surface area contributed by atoms with Gasteiger partial charge in [-0.1, -0.05) is 6.07 Å². The number of aliphatic hydroxyl groups is 1. The van der Waals surface area contributed by atoms with Gasteiger partial charge in [0.05, 0.1) is 24.8 Å². The number of thiol groups is 1. The van der Waals surface area contributed by atoms with E-state index < -0.39 is 5.97 Å². The molecule has 5 heteroatoms. The molecule has 0 atom stereocenters. The first-order valence-corrected chi connectivity index (χ1v) is 4.54. The van der Waals surface area contributed by atoms with Gasteiger partial charge in [0.1, 0.15) is 6.07 Å². The summed E-state index contributed by atoms with van der Waals surface area (Å²) in [6.07, 6.45) is 0. The van der Waals surface area contributed by atoms with Crippen molar-refractivity contribution in [2.45, 2.75) is 11.5 Å². The molecule has 0 saturated heterocycles. The van der Waals surface area contributed by atoms with E-state index in [1.807, 2.05) is 6.07 Å². The number of ether oxygens (including phenoxy) is 1. The van der Waals surface area contributed by atoms with Crippen molar-refractivity contribution in [3.05, 3.63) is 28.8 Å². The Bertz CT molecular complexity index is 437. The average molecular weight is 223 g/mol. The fourth-order valence-corrected chi connectivity index (χ4v) is 1.52. The molecule has 0 spiro atoms. The Kier molecular flexibility index (Phi) is 3.72. The minimum atomic E-state index is -0.555. The van der Waals surface area contributed by atoms with Crippen LogP contribution in [0.5, 0.6) is 0 Å². The maximum atomic E-state index is 11.3. The number of hydrogen-bond acceptors (Lipinski definition) is 5. The summed E-state index contributed by atoms with van der Waals surface area (Å²) in [5.74, 6) is -0.555. The lowest BCUT2D eigenvalue weighted by Crippen LogP contribution is -2.05. The van der Waals surface area contributed by atoms with Crippen LogP contribution in [0.1, 0.15) is 21.5 Å². The summed E-state index contributed by atoms with van der Waals surface area (Å²) in [5, 5.41) is 17.8. The lowest BCUT2D eigenvalue weighted by atomic mass is 10.1. The Morgan fingerprint density at radius 3 is 2.80 bits per heavy atom. The molecule has 0 aliphatic carbocycles. The molecule has 1 rings (SSSR count). The van der Waals surface area contributed by atoms with Gasteiger partial charge in [-0.15, -0.1) is 12.6 Å². The van der Waals surface area contributed by atoms with Gasteiger partial charge in [-0.2, -0.15) is 5.26 Å². The average Bonchev–Trinajstić information content (AvgIpc) is 2.27. The molecule has 0 unspecified atom stereocenters. The van der Waals surface area contributed by atoms with E-state index in [0.29, 0.717) is 5.56 Å². The number of nitrogens with zero attached hydrogens (tertiary/aromatic N) is 1. The lowest BCUT2D eigenvalue weighted by molar-refractivity contribution is 0.0596. The molecule has 1 aromatic rings. The van der Waals surface area contributed by atoms with E-state index in [2.05, 4.69) is 17.4 Å². The molecule has 0 bridgehead atoms. The largest absolute Gasteiger partial charge is 0.465 e. The summed E-state index contributed by atoms with van der Waals surface area (Å²) in [6, 6.07) is 4.87. The van der Waals surface area contributed by atoms with Crippen molar-refractivity contribution in [2.75, 3.05) is 7.11 Å². The number of rotatable bonds is 2. The molecule has 0 saturated carbocycles. The van der Waals surface area contributed by atoms with Crippen molar-refractivity contribution in [3.63, 3.8) is 0 Å². The van der Waals surface area contributed by atoms with Gasteiger partial charge in [0.25, 0.3) is 0 Å². The number of aliphatic hydroxyl groups excluding tert-OH is 1. The molecule has 4 nitrogen and oxygen atoms in total. The Hall–Kier alpha value is -1.51. The lowest BCUT2D eigenvalue weighted by Gasteiger charge is -2.07. The van der Waals surface area contributed by atoms with Crippen LogP contribution in [0.2, 0.25) is 0 Å². The first-order valence-electron chi connectivity index (χ1n) is 4.09. The zero-order chi connectivity index (χ0) is 11.4. The number of carbonyl (C=O) groups excluding carboxylic acids is 1. The molecule has 0 radical (unpaired) electrons. The SMILES string of the molecule is COC(=O)c1ccc(CO)c(C#N)c1S. The van der Waals surface area contributed by atoms with Crippen molar-refractivity contribution in [3.8, 4) is 6.07 Å². The second kappa shape index (κ2) is 4.82. The zero-order valence-electron chi connectivity index (χ0n) is 8.02. The summed E-state index contributed by atoms with van der Waals surface area (Å²) >= 11 is 4.07. The second-order valence-corrected chi connectivity index (χ2v) is 3.20. The van der Waals surface area contributed by atoms with E-state index in [1.165, 1.54) is 19.2 Å². The quantitative estimate of drug-likeness (QED) is 0.582. The van der Waals surface area contributed by atoms with Crippen molar-refractivity contribution in [1.29, 1.82) is 5.26 Å². The van der Waals surface area contributed by atoms with Crippen LogP contribution in [0.3, 0.4) is 0 Å². The molecule has 0 amide bonds. The fourth-order valence-electron chi connectivity index (χ4n) is 1.16. The summed E-state index contributed by atoms with van der Waals surface area (Å²) in [5.41, 5.74) is 0.855. The van der Waals surface area contributed by atoms with Crippen LogP contribution in [0, 0.1) is 11.3 Å². The molecule has 0 aromatic heterocycles. The summed E-state index contributed by atoms with van der Waals surface area (Å²) < 4.78 is 4.53. The van der Waals surface area contributed by atoms with Crippen molar-refractivity contribution >= 4 is 18.6 Å². The van der Waals surface area contributed by atoms with Gasteiger partial charge in [-0.25, -0.2) is 4.79 Å². The van der Waals surface area contributed by atoms with Gasteiger partial charge in [0.2, 0.25) is 0 Å². The molecular formula is C10H9NO3S. The van der Waals surface area contributed by atoms with Gasteiger partial charge in [0.15, 0.2) is 0 Å². The van der Waals surface area contributed by atoms with Crippen LogP contribution in [0.4, 0.5) is 0 Å². The van der Waals surface area contributed by atoms with Gasteiger partial charge in [-0.3, -0.25) is 0 Å². The number of nitriles is 1. The Labute approximate surface area is 92.5 Å². The Morgan fingerprint density at radius 2 is 2.33 bits per heavy atom. The minimum Gasteiger partial charge on any atom is -0.465 e. The van der Waals surface area contributed by atoms with Crippen LogP contribution >= 0.6 is 12.6 Å². The van der Waals surface area contributed by atoms with Gasteiger partial charge < -0.3 is 9.84 Å². The maximum Gasteiger partial charge on any atom is 0.339 e. The van der Waals surface area contributed by atoms with Gasteiger partial charge in [-0.05, 0) is 11.6 Å². The molecule has 1 aromatic carbocycles. The predicted octanol–water partition coefficient (Wildman–Crippen LogP) is 1.13. The maximum absolute atomic E-state index is 11.3. The Morgan fingerprint density at radius 1 is 1.67 bits per heavy atom. The highest BCUT2D eigenvalue weighted by Crippen LogP contribution is 2.23. The van der Waals surface area contributed by atoms with Gasteiger partial charge in [0, 0.05) is 4.90 Å². The zero-order valence-corrected chi connectivity index (χ0v) is 8.91. The molecule has 0 heterocycles. The Balaban J connectivity index is 3.37. The van der Waals surface area contributed by atoms with Crippen LogP contribution in [0.15, 0.2) is 17.0 Å². The topological polar surface area (TPSA) is 70.3 Å². The van der Waals surface area contributed by atoms with Crippen molar-refractivity contribution in [1.82, 2.24) is 0 Å². The standard InChI is InChI=1S/C10H9NO3S/c1-14-10(13)7-3-2-6(5-12)8(4-11)9(7)15/h2-3,12,15H,5H2,1H3. The summed E-state index contributed by atoms with van der Waals surface area (Å²) in [6.45, 7) is -0.266. The minimum absolute atomic E-state index is 0.198. The normalized spacial score (nSPS) is 9.47. The van der Waals surface area contributed by atoms with Crippen molar-refractivity contribution in [2.24, 2.45) is 0 Å². The number of methoxy groups -OCH3 is 1. The fraction of sp³-hybridized carbons (Fsp3) is 0.200. The van der Waals surface area contributed by atoms with Crippen LogP contribution in [-0.2, 0) is 11.3 Å². The van der Waals surface area contributed by atoms with E-state index >= 15 is 0 Å².